The summed E-state index contributed by atoms with van der Waals surface area (Å²) in [6.07, 6.45) is 0. The van der Waals surface area contributed by atoms with Crippen LogP contribution in [0.4, 0.5) is 0 Å². The van der Waals surface area contributed by atoms with Crippen molar-refractivity contribution in [3.8, 4) is 0 Å². The molecule has 0 aromatic heterocycles. The molecule has 0 aromatic rings. The van der Waals surface area contributed by atoms with E-state index in [1.54, 1.807) is 0 Å². The quantitative estimate of drug-likeness (QED) is 0.260. The van der Waals surface area contributed by atoms with Gasteiger partial charge in [0, 0.05) is 0 Å². The molecule has 0 bridgehead atoms. The van der Waals surface area contributed by atoms with E-state index in [1.807, 2.05) is 0 Å². The van der Waals surface area contributed by atoms with E-state index in [9.17, 15) is 0 Å². The van der Waals surface area contributed by atoms with Crippen LogP contribution in [0.15, 0.2) is 13.5 Å². The monoisotopic (exact) mass is 632 g/mol. The van der Waals surface area contributed by atoms with Gasteiger partial charge in [0.1, 0.15) is 0 Å². The second-order valence-corrected chi connectivity index (χ2v) is 26.7. The van der Waals surface area contributed by atoms with Crippen LogP contribution >= 0.6 is 29.9 Å². The Labute approximate surface area is 244 Å². The predicted octanol–water partition coefficient (Wildman–Crippen LogP) is 5.49. The highest BCUT2D eigenvalue weighted by Crippen LogP contribution is 2.77. The van der Waals surface area contributed by atoms with Crippen LogP contribution < -0.4 is 0 Å². The van der Waals surface area contributed by atoms with Crippen molar-refractivity contribution in [1.82, 2.24) is 42.0 Å². The van der Waals surface area contributed by atoms with Crippen molar-refractivity contribution in [1.29, 1.82) is 0 Å². The number of nitrogens with zero attached hydrogens (tertiary/aromatic N) is 12. The molecule has 0 N–H and O–H groups in total. The molecule has 0 amide bonds. The first-order valence-corrected chi connectivity index (χ1v) is 19.6. The molecule has 0 fully saturated rings. The third-order valence-corrected chi connectivity index (χ3v) is 23.0. The molecule has 0 aliphatic rings. The summed E-state index contributed by atoms with van der Waals surface area (Å²) < 4.78 is 38.4. The molecule has 39 heavy (non-hydrogen) atoms. The topological polar surface area (TPSA) is 66.2 Å². The van der Waals surface area contributed by atoms with Crippen LogP contribution in [0.5, 0.6) is 0 Å². The molecule has 0 unspecified atom stereocenters. The van der Waals surface area contributed by atoms with Crippen LogP contribution in [0.1, 0.15) is 20.8 Å². The molecule has 0 rings (SSSR count). The fourth-order valence-electron chi connectivity index (χ4n) is 5.12. The summed E-state index contributed by atoms with van der Waals surface area (Å²) in [6, 6.07) is 0. The van der Waals surface area contributed by atoms with Crippen LogP contribution in [-0.2, 0) is 0 Å². The lowest BCUT2D eigenvalue weighted by Gasteiger charge is -2.46. The maximum atomic E-state index is 5.99. The zero-order valence-corrected chi connectivity index (χ0v) is 32.8. The highest BCUT2D eigenvalue weighted by Gasteiger charge is 2.40. The van der Waals surface area contributed by atoms with Gasteiger partial charge in [0.05, 0.1) is 0 Å². The fourth-order valence-corrected chi connectivity index (χ4v) is 24.6. The minimum Gasteiger partial charge on any atom is -0.252 e. The predicted molar refractivity (Wildman–Crippen MR) is 184 cm³/mol. The number of rotatable bonds is 12. The summed E-state index contributed by atoms with van der Waals surface area (Å²) in [5, 5.41) is 0. The molecule has 16 heteroatoms. The van der Waals surface area contributed by atoms with Gasteiger partial charge in [-0.15, -0.1) is 0 Å². The van der Waals surface area contributed by atoms with E-state index in [-0.39, 0.29) is 5.41 Å². The largest absolute Gasteiger partial charge is 0.252 e. The summed E-state index contributed by atoms with van der Waals surface area (Å²) in [7, 11) is 28.2. The Hall–Kier alpha value is 0.630. The maximum absolute atomic E-state index is 5.99. The maximum Gasteiger partial charge on any atom is 0.212 e. The van der Waals surface area contributed by atoms with Gasteiger partial charge < -0.3 is 0 Å². The van der Waals surface area contributed by atoms with Crippen molar-refractivity contribution < 1.29 is 0 Å². The highest BCUT2D eigenvalue weighted by atomic mass is 31.3. The fraction of sp³-hybridized carbons (Fsp3) is 0.957. The zero-order valence-electron chi connectivity index (χ0n) is 29.2. The van der Waals surface area contributed by atoms with Crippen LogP contribution in [-0.4, -0.2) is 175 Å². The smallest absolute Gasteiger partial charge is 0.212 e. The second-order valence-electron chi connectivity index (χ2n) is 12.6. The molecule has 0 aromatic carbocycles. The summed E-state index contributed by atoms with van der Waals surface area (Å²) in [6.45, 7) is 6.73. The zero-order chi connectivity index (χ0) is 31.5. The van der Waals surface area contributed by atoms with Crippen molar-refractivity contribution in [2.75, 3.05) is 127 Å². The lowest BCUT2D eigenvalue weighted by Crippen LogP contribution is -2.32. The van der Waals surface area contributed by atoms with E-state index in [4.69, 9.17) is 13.5 Å². The minimum atomic E-state index is -2.94. The average Bonchev–Trinajstić information content (AvgIpc) is 2.70. The Morgan fingerprint density at radius 2 is 0.513 bits per heavy atom. The Balaban J connectivity index is 9.45. The number of hydrogen-bond donors (Lipinski definition) is 0. The third kappa shape index (κ3) is 8.38. The molecule has 0 heterocycles. The molecular weight excluding hydrogens is 568 g/mol. The van der Waals surface area contributed by atoms with Gasteiger partial charge in [0.15, 0.2) is 22.5 Å². The Morgan fingerprint density at radius 3 is 0.615 bits per heavy atom. The molecule has 0 aliphatic heterocycles. The Kier molecular flexibility index (Phi) is 14.6. The van der Waals surface area contributed by atoms with Gasteiger partial charge >= 0.3 is 0 Å². The normalized spacial score (nSPS) is 14.8. The van der Waals surface area contributed by atoms with Gasteiger partial charge in [-0.25, -0.2) is 0 Å². The summed E-state index contributed by atoms with van der Waals surface area (Å²) in [5.41, 5.74) is -0.188. The summed E-state index contributed by atoms with van der Waals surface area (Å²) >= 11 is 0. The van der Waals surface area contributed by atoms with Crippen molar-refractivity contribution in [3.63, 3.8) is 0 Å². The van der Waals surface area contributed by atoms with E-state index < -0.39 is 29.9 Å². The van der Waals surface area contributed by atoms with E-state index >= 15 is 0 Å². The van der Waals surface area contributed by atoms with Crippen LogP contribution in [0.25, 0.3) is 0 Å². The average molecular weight is 633 g/mol. The van der Waals surface area contributed by atoms with E-state index in [0.29, 0.717) is 0 Å². The van der Waals surface area contributed by atoms with Gasteiger partial charge in [0.25, 0.3) is 0 Å². The van der Waals surface area contributed by atoms with Gasteiger partial charge in [-0.3, -0.25) is 42.0 Å². The SMILES string of the molecule is CN(C)P(=NP(=CC(C)(C)C)(N=P(N(C)C)(N(C)C)N(C)C)N=P(N(C)C)(N(C)C)N(C)C)(N(C)C)N(C)C. The van der Waals surface area contributed by atoms with Crippen LogP contribution in [0.2, 0.25) is 0 Å². The molecular formula is C23H64N12P4. The lowest BCUT2D eigenvalue weighted by atomic mass is 10.0. The molecule has 0 spiro atoms. The van der Waals surface area contributed by atoms with Crippen molar-refractivity contribution in [3.05, 3.63) is 0 Å². The van der Waals surface area contributed by atoms with Crippen LogP contribution in [0, 0.1) is 5.41 Å². The standard InChI is InChI=1S/C23H64N12P4/c1-23(2,3)22-36(24-37(27(4)5,28(6)7)29(8)9,25-38(30(10)11,31(12)13)32(14)15)26-39(33(16)17,34(18)19)35(20)21/h22H,1-21H3. The first-order valence-electron chi connectivity index (χ1n) is 13.1. The molecule has 0 atom stereocenters. The summed E-state index contributed by atoms with van der Waals surface area (Å²) in [4.78, 5) is 0. The molecule has 12 nitrogen and oxygen atoms in total. The molecule has 0 radical (unpaired) electrons. The van der Waals surface area contributed by atoms with E-state index in [2.05, 4.69) is 195 Å². The first kappa shape index (κ1) is 39.6. The van der Waals surface area contributed by atoms with E-state index in [0.717, 1.165) is 0 Å². The number of hydrogen-bond acceptors (Lipinski definition) is 3. The molecule has 0 saturated heterocycles. The second kappa shape index (κ2) is 14.4. The lowest BCUT2D eigenvalue weighted by molar-refractivity contribution is 0.472. The highest BCUT2D eigenvalue weighted by molar-refractivity contribution is 7.85. The Morgan fingerprint density at radius 1 is 0.359 bits per heavy atom. The minimum absolute atomic E-state index is 0.188. The van der Waals surface area contributed by atoms with Gasteiger partial charge in [-0.2, -0.15) is 13.5 Å². The van der Waals surface area contributed by atoms with Gasteiger partial charge in [0.2, 0.25) is 7.34 Å². The van der Waals surface area contributed by atoms with Gasteiger partial charge in [-0.05, 0) is 138 Å². The van der Waals surface area contributed by atoms with Gasteiger partial charge in [-0.1, -0.05) is 20.8 Å². The first-order chi connectivity index (χ1) is 17.3. The summed E-state index contributed by atoms with van der Waals surface area (Å²) in [5.74, 6) is 2.38. The van der Waals surface area contributed by atoms with Crippen molar-refractivity contribution >= 4 is 35.7 Å². The van der Waals surface area contributed by atoms with Crippen molar-refractivity contribution in [2.45, 2.75) is 20.8 Å². The molecule has 236 valence electrons. The Bertz CT molecular complexity index is 819. The molecule has 0 aliphatic carbocycles. The molecule has 0 saturated carbocycles. The van der Waals surface area contributed by atoms with Crippen molar-refractivity contribution in [2.24, 2.45) is 19.0 Å². The van der Waals surface area contributed by atoms with Crippen LogP contribution in [0.3, 0.4) is 0 Å². The van der Waals surface area contributed by atoms with E-state index in [1.165, 1.54) is 0 Å². The third-order valence-electron chi connectivity index (χ3n) is 6.15.